The number of hydrogen-bond acceptors (Lipinski definition) is 4. The van der Waals surface area contributed by atoms with Crippen molar-refractivity contribution in [2.75, 3.05) is 10.8 Å². The number of nitrogens with one attached hydrogen (secondary N) is 1. The Morgan fingerprint density at radius 2 is 1.73 bits per heavy atom. The lowest BCUT2D eigenvalue weighted by Crippen LogP contribution is -2.49. The predicted molar refractivity (Wildman–Crippen MR) is 142 cm³/mol. The fourth-order valence-electron chi connectivity index (χ4n) is 4.57. The van der Waals surface area contributed by atoms with E-state index in [-0.39, 0.29) is 48.7 Å². The van der Waals surface area contributed by atoms with Gasteiger partial charge in [0.05, 0.1) is 10.6 Å². The highest BCUT2D eigenvalue weighted by molar-refractivity contribution is 7.93. The zero-order valence-electron chi connectivity index (χ0n) is 21.3. The van der Waals surface area contributed by atoms with Crippen LogP contribution in [0.25, 0.3) is 10.8 Å². The monoisotopic (exact) mass is 525 g/mol. The molecular weight excluding hydrogens is 493 g/mol. The summed E-state index contributed by atoms with van der Waals surface area (Å²) < 4.78 is 42.2. The molecular formula is C28H32FN3O4S. The molecule has 1 heterocycles. The second kappa shape index (κ2) is 10.9. The number of rotatable bonds is 10. The van der Waals surface area contributed by atoms with Crippen LogP contribution in [-0.2, 0) is 26.2 Å². The molecule has 0 aliphatic carbocycles. The minimum absolute atomic E-state index is 0.00768. The van der Waals surface area contributed by atoms with Crippen molar-refractivity contribution in [2.24, 2.45) is 0 Å². The van der Waals surface area contributed by atoms with Crippen molar-refractivity contribution in [3.63, 3.8) is 0 Å². The average molecular weight is 526 g/mol. The van der Waals surface area contributed by atoms with E-state index in [1.165, 1.54) is 15.3 Å². The molecule has 9 heteroatoms. The van der Waals surface area contributed by atoms with Gasteiger partial charge in [0.15, 0.2) is 0 Å². The van der Waals surface area contributed by atoms with Crippen molar-refractivity contribution >= 4 is 38.3 Å². The van der Waals surface area contributed by atoms with Gasteiger partial charge in [-0.15, -0.1) is 0 Å². The standard InChI is InChI=1S/C28H32FN3O4S/c1-4-19(2)30-28(34)20(3)31(18-22-10-5-6-13-23(22)29)26(33)16-9-17-32-24-14-7-11-21-12-8-15-25(27(21)24)37(32,35)36/h5-8,10-15,19-20H,4,9,16-18H2,1-3H3,(H,30,34)/t19-,20+/m1/s1. The summed E-state index contributed by atoms with van der Waals surface area (Å²) in [5.74, 6) is -1.12. The zero-order chi connectivity index (χ0) is 26.7. The maximum Gasteiger partial charge on any atom is 0.265 e. The Kier molecular flexibility index (Phi) is 7.82. The van der Waals surface area contributed by atoms with Gasteiger partial charge in [-0.25, -0.2) is 12.8 Å². The van der Waals surface area contributed by atoms with Crippen LogP contribution in [0.3, 0.4) is 0 Å². The normalized spacial score (nSPS) is 15.4. The first-order valence-corrected chi connectivity index (χ1v) is 14.0. The largest absolute Gasteiger partial charge is 0.352 e. The SMILES string of the molecule is CC[C@@H](C)NC(=O)[C@H](C)N(Cc1ccccc1F)C(=O)CCCN1c2cccc3cccc(c23)S1(=O)=O. The fourth-order valence-corrected chi connectivity index (χ4v) is 6.32. The minimum atomic E-state index is -3.72. The number of carbonyl (C=O) groups is 2. The lowest BCUT2D eigenvalue weighted by Gasteiger charge is -2.30. The molecule has 37 heavy (non-hydrogen) atoms. The van der Waals surface area contributed by atoms with Crippen LogP contribution < -0.4 is 9.62 Å². The van der Waals surface area contributed by atoms with Gasteiger partial charge < -0.3 is 10.2 Å². The third-order valence-electron chi connectivity index (χ3n) is 6.90. The van der Waals surface area contributed by atoms with E-state index in [1.54, 1.807) is 43.3 Å². The van der Waals surface area contributed by atoms with E-state index in [0.29, 0.717) is 16.6 Å². The van der Waals surface area contributed by atoms with Crippen molar-refractivity contribution in [1.82, 2.24) is 10.2 Å². The lowest BCUT2D eigenvalue weighted by molar-refractivity contribution is -0.141. The van der Waals surface area contributed by atoms with Crippen LogP contribution >= 0.6 is 0 Å². The van der Waals surface area contributed by atoms with Gasteiger partial charge >= 0.3 is 0 Å². The average Bonchev–Trinajstić information content (AvgIpc) is 3.10. The molecule has 2 atom stereocenters. The lowest BCUT2D eigenvalue weighted by atomic mass is 10.1. The van der Waals surface area contributed by atoms with E-state index in [0.717, 1.165) is 11.8 Å². The van der Waals surface area contributed by atoms with Gasteiger partial charge in [0.25, 0.3) is 10.0 Å². The Hall–Kier alpha value is -3.46. The maximum absolute atomic E-state index is 14.4. The van der Waals surface area contributed by atoms with Crippen LogP contribution in [0.5, 0.6) is 0 Å². The summed E-state index contributed by atoms with van der Waals surface area (Å²) in [6, 6.07) is 15.9. The minimum Gasteiger partial charge on any atom is -0.352 e. The fraction of sp³-hybridized carbons (Fsp3) is 0.357. The van der Waals surface area contributed by atoms with E-state index < -0.39 is 21.9 Å². The van der Waals surface area contributed by atoms with E-state index in [2.05, 4.69) is 5.32 Å². The highest BCUT2D eigenvalue weighted by Crippen LogP contribution is 2.42. The van der Waals surface area contributed by atoms with E-state index >= 15 is 0 Å². The smallest absolute Gasteiger partial charge is 0.265 e. The van der Waals surface area contributed by atoms with Gasteiger partial charge in [0.1, 0.15) is 11.9 Å². The third kappa shape index (κ3) is 5.32. The van der Waals surface area contributed by atoms with Gasteiger partial charge in [0.2, 0.25) is 11.8 Å². The molecule has 3 aromatic carbocycles. The Morgan fingerprint density at radius 1 is 1.03 bits per heavy atom. The van der Waals surface area contributed by atoms with Crippen LogP contribution in [0.15, 0.2) is 65.6 Å². The van der Waals surface area contributed by atoms with Crippen LogP contribution in [0.2, 0.25) is 0 Å². The van der Waals surface area contributed by atoms with Gasteiger partial charge in [-0.05, 0) is 50.3 Å². The zero-order valence-corrected chi connectivity index (χ0v) is 22.1. The number of carbonyl (C=O) groups excluding carboxylic acids is 2. The summed E-state index contributed by atoms with van der Waals surface area (Å²) in [7, 11) is -3.72. The molecule has 0 fully saturated rings. The Bertz CT molecular complexity index is 1420. The molecule has 3 aromatic rings. The van der Waals surface area contributed by atoms with Crippen molar-refractivity contribution < 1.29 is 22.4 Å². The molecule has 1 N–H and O–H groups in total. The van der Waals surface area contributed by atoms with E-state index in [4.69, 9.17) is 0 Å². The molecule has 1 aliphatic heterocycles. The third-order valence-corrected chi connectivity index (χ3v) is 8.76. The first-order valence-electron chi connectivity index (χ1n) is 12.5. The second-order valence-electron chi connectivity index (χ2n) is 9.42. The summed E-state index contributed by atoms with van der Waals surface area (Å²) in [5, 5.41) is 4.41. The summed E-state index contributed by atoms with van der Waals surface area (Å²) >= 11 is 0. The summed E-state index contributed by atoms with van der Waals surface area (Å²) in [6.07, 6.45) is 0.989. The molecule has 4 rings (SSSR count). The predicted octanol–water partition coefficient (Wildman–Crippen LogP) is 4.60. The van der Waals surface area contributed by atoms with E-state index in [1.807, 2.05) is 32.0 Å². The molecule has 2 amide bonds. The number of sulfonamides is 1. The van der Waals surface area contributed by atoms with Gasteiger partial charge in [0, 0.05) is 36.5 Å². The number of halogens is 1. The molecule has 0 aromatic heterocycles. The molecule has 0 spiro atoms. The second-order valence-corrected chi connectivity index (χ2v) is 11.2. The van der Waals surface area contributed by atoms with Crippen LogP contribution in [0, 0.1) is 5.82 Å². The molecule has 0 saturated heterocycles. The molecule has 0 saturated carbocycles. The maximum atomic E-state index is 14.4. The first kappa shape index (κ1) is 26.6. The summed E-state index contributed by atoms with van der Waals surface area (Å²) in [5.41, 5.74) is 0.911. The Morgan fingerprint density at radius 3 is 2.43 bits per heavy atom. The van der Waals surface area contributed by atoms with E-state index in [9.17, 15) is 22.4 Å². The number of amides is 2. The Labute approximate surface area is 217 Å². The molecule has 196 valence electrons. The summed E-state index contributed by atoms with van der Waals surface area (Å²) in [6.45, 7) is 5.50. The molecule has 7 nitrogen and oxygen atoms in total. The van der Waals surface area contributed by atoms with Crippen molar-refractivity contribution in [3.05, 3.63) is 72.0 Å². The topological polar surface area (TPSA) is 86.8 Å². The molecule has 0 radical (unpaired) electrons. The summed E-state index contributed by atoms with van der Waals surface area (Å²) in [4.78, 5) is 27.8. The van der Waals surface area contributed by atoms with Crippen molar-refractivity contribution in [1.29, 1.82) is 0 Å². The molecule has 0 bridgehead atoms. The first-order chi connectivity index (χ1) is 17.6. The molecule has 0 unspecified atom stereocenters. The van der Waals surface area contributed by atoms with Crippen LogP contribution in [-0.4, -0.2) is 43.8 Å². The van der Waals surface area contributed by atoms with Gasteiger partial charge in [-0.2, -0.15) is 0 Å². The number of anilines is 1. The van der Waals surface area contributed by atoms with Crippen LogP contribution in [0.4, 0.5) is 10.1 Å². The quantitative estimate of drug-likeness (QED) is 0.419. The van der Waals surface area contributed by atoms with Crippen molar-refractivity contribution in [2.45, 2.75) is 63.6 Å². The Balaban J connectivity index is 1.50. The molecule has 1 aliphatic rings. The number of hydrogen-bond donors (Lipinski definition) is 1. The van der Waals surface area contributed by atoms with Crippen LogP contribution in [0.1, 0.15) is 45.6 Å². The highest BCUT2D eigenvalue weighted by atomic mass is 32.2. The van der Waals surface area contributed by atoms with Gasteiger partial charge in [-0.1, -0.05) is 49.4 Å². The van der Waals surface area contributed by atoms with Crippen molar-refractivity contribution in [3.8, 4) is 0 Å². The number of benzene rings is 3. The highest BCUT2D eigenvalue weighted by Gasteiger charge is 2.35. The number of nitrogens with zero attached hydrogens (tertiary/aromatic N) is 2. The van der Waals surface area contributed by atoms with Gasteiger partial charge in [-0.3, -0.25) is 13.9 Å².